The Balaban J connectivity index is 0.000000396. The molecule has 2 aliphatic heterocycles. The van der Waals surface area contributed by atoms with Gasteiger partial charge in [-0.3, -0.25) is 0 Å². The standard InChI is InChI=1S/C9H18N2.C2H6/c1-11-7-3-5-9(8-11)4-2-6-10-9;1-2/h10H,2-8H2,1H3;1-2H3. The van der Waals surface area contributed by atoms with Crippen molar-refractivity contribution in [3.8, 4) is 0 Å². The number of likely N-dealkylation sites (N-methyl/N-ethyl adjacent to an activating group) is 1. The Morgan fingerprint density at radius 1 is 1.15 bits per heavy atom. The van der Waals surface area contributed by atoms with E-state index in [0.29, 0.717) is 5.54 Å². The van der Waals surface area contributed by atoms with Gasteiger partial charge in [0.1, 0.15) is 0 Å². The Hall–Kier alpha value is -0.0800. The lowest BCUT2D eigenvalue weighted by Crippen LogP contribution is -2.52. The lowest BCUT2D eigenvalue weighted by Gasteiger charge is -2.38. The van der Waals surface area contributed by atoms with Crippen LogP contribution >= 0.6 is 0 Å². The fraction of sp³-hybridized carbons (Fsp3) is 1.00. The van der Waals surface area contributed by atoms with E-state index in [1.807, 2.05) is 13.8 Å². The lowest BCUT2D eigenvalue weighted by atomic mass is 9.88. The molecule has 2 nitrogen and oxygen atoms in total. The molecule has 2 heteroatoms. The summed E-state index contributed by atoms with van der Waals surface area (Å²) in [7, 11) is 2.24. The molecule has 0 aliphatic carbocycles. The van der Waals surface area contributed by atoms with Gasteiger partial charge in [-0.05, 0) is 45.8 Å². The summed E-state index contributed by atoms with van der Waals surface area (Å²) in [5.41, 5.74) is 0.521. The van der Waals surface area contributed by atoms with Crippen molar-refractivity contribution in [2.45, 2.75) is 45.1 Å². The van der Waals surface area contributed by atoms with Gasteiger partial charge in [-0.1, -0.05) is 13.8 Å². The van der Waals surface area contributed by atoms with Crippen molar-refractivity contribution in [2.75, 3.05) is 26.7 Å². The van der Waals surface area contributed by atoms with Crippen LogP contribution in [-0.4, -0.2) is 37.1 Å². The maximum Gasteiger partial charge on any atom is 0.0309 e. The zero-order valence-corrected chi connectivity index (χ0v) is 9.40. The van der Waals surface area contributed by atoms with Gasteiger partial charge >= 0.3 is 0 Å². The van der Waals surface area contributed by atoms with Gasteiger partial charge in [-0.2, -0.15) is 0 Å². The highest BCUT2D eigenvalue weighted by Crippen LogP contribution is 2.28. The summed E-state index contributed by atoms with van der Waals surface area (Å²) in [5.74, 6) is 0. The van der Waals surface area contributed by atoms with Gasteiger partial charge in [0.2, 0.25) is 0 Å². The van der Waals surface area contributed by atoms with E-state index in [0.717, 1.165) is 0 Å². The van der Waals surface area contributed by atoms with Crippen LogP contribution in [0.2, 0.25) is 0 Å². The molecule has 2 fully saturated rings. The maximum absolute atomic E-state index is 3.66. The fourth-order valence-electron chi connectivity index (χ4n) is 2.58. The van der Waals surface area contributed by atoms with Crippen LogP contribution in [0.4, 0.5) is 0 Å². The largest absolute Gasteiger partial charge is 0.310 e. The molecule has 1 N–H and O–H groups in total. The van der Waals surface area contributed by atoms with Gasteiger partial charge in [0.05, 0.1) is 0 Å². The first-order valence-corrected chi connectivity index (χ1v) is 5.74. The molecule has 1 spiro atoms. The maximum atomic E-state index is 3.66. The van der Waals surface area contributed by atoms with E-state index in [1.165, 1.54) is 45.3 Å². The first-order valence-electron chi connectivity index (χ1n) is 5.74. The van der Waals surface area contributed by atoms with Crippen LogP contribution in [-0.2, 0) is 0 Å². The van der Waals surface area contributed by atoms with Crippen molar-refractivity contribution in [2.24, 2.45) is 0 Å². The number of hydrogen-bond acceptors (Lipinski definition) is 2. The summed E-state index contributed by atoms with van der Waals surface area (Å²) in [6.07, 6.45) is 5.56. The van der Waals surface area contributed by atoms with E-state index in [4.69, 9.17) is 0 Å². The van der Waals surface area contributed by atoms with Gasteiger partial charge in [0.15, 0.2) is 0 Å². The van der Waals surface area contributed by atoms with E-state index in [9.17, 15) is 0 Å². The fourth-order valence-corrected chi connectivity index (χ4v) is 2.58. The number of rotatable bonds is 0. The van der Waals surface area contributed by atoms with Crippen LogP contribution in [0.25, 0.3) is 0 Å². The van der Waals surface area contributed by atoms with Crippen molar-refractivity contribution in [3.05, 3.63) is 0 Å². The molecule has 2 rings (SSSR count). The minimum Gasteiger partial charge on any atom is -0.310 e. The molecule has 1 atom stereocenters. The third kappa shape index (κ3) is 2.68. The van der Waals surface area contributed by atoms with E-state index < -0.39 is 0 Å². The Kier molecular flexibility index (Phi) is 4.20. The molecule has 0 aromatic rings. The molecule has 0 aromatic carbocycles. The molecule has 2 saturated heterocycles. The summed E-state index contributed by atoms with van der Waals surface area (Å²) >= 11 is 0. The second-order valence-corrected chi connectivity index (χ2v) is 4.15. The SMILES string of the molecule is CC.CN1CCCC2(CCCN2)C1. The summed E-state index contributed by atoms with van der Waals surface area (Å²) in [5, 5.41) is 3.66. The number of nitrogens with one attached hydrogen (secondary N) is 1. The number of likely N-dealkylation sites (tertiary alicyclic amines) is 1. The summed E-state index contributed by atoms with van der Waals surface area (Å²) in [4.78, 5) is 2.46. The average molecular weight is 184 g/mol. The normalized spacial score (nSPS) is 34.4. The Morgan fingerprint density at radius 2 is 1.85 bits per heavy atom. The molecular weight excluding hydrogens is 160 g/mol. The van der Waals surface area contributed by atoms with Crippen molar-refractivity contribution in [3.63, 3.8) is 0 Å². The molecule has 13 heavy (non-hydrogen) atoms. The zero-order chi connectivity index (χ0) is 9.73. The monoisotopic (exact) mass is 184 g/mol. The van der Waals surface area contributed by atoms with Crippen LogP contribution < -0.4 is 5.32 Å². The van der Waals surface area contributed by atoms with Gasteiger partial charge in [-0.15, -0.1) is 0 Å². The third-order valence-corrected chi connectivity index (χ3v) is 3.10. The Morgan fingerprint density at radius 3 is 2.38 bits per heavy atom. The van der Waals surface area contributed by atoms with Gasteiger partial charge in [-0.25, -0.2) is 0 Å². The van der Waals surface area contributed by atoms with Crippen LogP contribution in [0.3, 0.4) is 0 Å². The highest BCUT2D eigenvalue weighted by molar-refractivity contribution is 4.97. The molecule has 2 heterocycles. The number of nitrogens with zero attached hydrogens (tertiary/aromatic N) is 1. The van der Waals surface area contributed by atoms with Crippen molar-refractivity contribution >= 4 is 0 Å². The smallest absolute Gasteiger partial charge is 0.0309 e. The number of piperidine rings is 1. The molecule has 1 unspecified atom stereocenters. The summed E-state index contributed by atoms with van der Waals surface area (Å²) in [6.45, 7) is 7.81. The quantitative estimate of drug-likeness (QED) is 0.618. The summed E-state index contributed by atoms with van der Waals surface area (Å²) < 4.78 is 0. The average Bonchev–Trinajstić information content (AvgIpc) is 2.56. The Bertz CT molecular complexity index is 139. The second kappa shape index (κ2) is 4.97. The highest BCUT2D eigenvalue weighted by Gasteiger charge is 2.36. The van der Waals surface area contributed by atoms with Crippen LogP contribution in [0.1, 0.15) is 39.5 Å². The molecule has 0 bridgehead atoms. The van der Waals surface area contributed by atoms with Crippen molar-refractivity contribution < 1.29 is 0 Å². The Labute approximate surface area is 82.7 Å². The molecule has 0 aromatic heterocycles. The van der Waals surface area contributed by atoms with Crippen molar-refractivity contribution in [1.82, 2.24) is 10.2 Å². The molecule has 0 saturated carbocycles. The van der Waals surface area contributed by atoms with Gasteiger partial charge in [0, 0.05) is 12.1 Å². The highest BCUT2D eigenvalue weighted by atomic mass is 15.2. The zero-order valence-electron chi connectivity index (χ0n) is 9.40. The molecule has 0 amide bonds. The van der Waals surface area contributed by atoms with Crippen LogP contribution in [0.15, 0.2) is 0 Å². The van der Waals surface area contributed by atoms with Crippen LogP contribution in [0, 0.1) is 0 Å². The minimum atomic E-state index is 0.521. The van der Waals surface area contributed by atoms with Crippen molar-refractivity contribution in [1.29, 1.82) is 0 Å². The van der Waals surface area contributed by atoms with E-state index in [-0.39, 0.29) is 0 Å². The molecule has 2 aliphatic rings. The number of hydrogen-bond donors (Lipinski definition) is 1. The van der Waals surface area contributed by atoms with E-state index in [1.54, 1.807) is 0 Å². The predicted molar refractivity (Wildman–Crippen MR) is 58.0 cm³/mol. The van der Waals surface area contributed by atoms with Gasteiger partial charge in [0.25, 0.3) is 0 Å². The first-order chi connectivity index (χ1) is 6.31. The van der Waals surface area contributed by atoms with Gasteiger partial charge < -0.3 is 10.2 Å². The van der Waals surface area contributed by atoms with E-state index in [2.05, 4.69) is 17.3 Å². The second-order valence-electron chi connectivity index (χ2n) is 4.15. The first kappa shape index (κ1) is 11.0. The van der Waals surface area contributed by atoms with Crippen LogP contribution in [0.5, 0.6) is 0 Å². The topological polar surface area (TPSA) is 15.3 Å². The lowest BCUT2D eigenvalue weighted by molar-refractivity contribution is 0.161. The third-order valence-electron chi connectivity index (χ3n) is 3.10. The van der Waals surface area contributed by atoms with E-state index >= 15 is 0 Å². The molecule has 78 valence electrons. The summed E-state index contributed by atoms with van der Waals surface area (Å²) in [6, 6.07) is 0. The molecule has 0 radical (unpaired) electrons. The predicted octanol–water partition coefficient (Wildman–Crippen LogP) is 1.86. The minimum absolute atomic E-state index is 0.521. The molecular formula is C11H24N2.